The molecular weight excluding hydrogens is 450 g/mol. The molecule has 34 heavy (non-hydrogen) atoms. The molecule has 8 heteroatoms. The minimum atomic E-state index is -3.46. The van der Waals surface area contributed by atoms with E-state index in [4.69, 9.17) is 4.74 Å². The smallest absolute Gasteiger partial charge is 0.243 e. The van der Waals surface area contributed by atoms with Crippen LogP contribution in [0.3, 0.4) is 0 Å². The lowest BCUT2D eigenvalue weighted by atomic mass is 10.0. The van der Waals surface area contributed by atoms with Crippen molar-refractivity contribution in [3.63, 3.8) is 0 Å². The molecular formula is C26H35N3O4S. The average Bonchev–Trinajstić information content (AvgIpc) is 2.87. The quantitative estimate of drug-likeness (QED) is 0.622. The van der Waals surface area contributed by atoms with Gasteiger partial charge in [-0.2, -0.15) is 4.31 Å². The third-order valence-corrected chi connectivity index (χ3v) is 8.59. The number of carbonyl (C=O) groups is 1. The highest BCUT2D eigenvalue weighted by Crippen LogP contribution is 2.23. The summed E-state index contributed by atoms with van der Waals surface area (Å²) >= 11 is 0. The van der Waals surface area contributed by atoms with E-state index in [0.29, 0.717) is 37.7 Å². The van der Waals surface area contributed by atoms with Crippen LogP contribution in [0.2, 0.25) is 0 Å². The topological polar surface area (TPSA) is 79.0 Å². The van der Waals surface area contributed by atoms with Gasteiger partial charge in [-0.15, -0.1) is 0 Å². The number of rotatable bonds is 8. The van der Waals surface area contributed by atoms with Gasteiger partial charge >= 0.3 is 0 Å². The number of amides is 1. The standard InChI is InChI=1S/C26H35N3O4S/c1-21-5-9-23(10-6-21)25(28-15-17-33-18-16-28)20-27-26(30)19-22-7-11-24(12-8-22)34(31,32)29-13-3-2-4-14-29/h5-12,25H,2-4,13-20H2,1H3,(H,27,30). The second kappa shape index (κ2) is 11.4. The summed E-state index contributed by atoms with van der Waals surface area (Å²) in [5.74, 6) is -0.0722. The molecule has 2 fully saturated rings. The second-order valence-corrected chi connectivity index (χ2v) is 11.1. The Labute approximate surface area is 203 Å². The maximum atomic E-state index is 12.8. The number of morpholine rings is 1. The van der Waals surface area contributed by atoms with E-state index >= 15 is 0 Å². The SMILES string of the molecule is Cc1ccc(C(CNC(=O)Cc2ccc(S(=O)(=O)N3CCCCC3)cc2)N2CCOCC2)cc1. The zero-order valence-corrected chi connectivity index (χ0v) is 20.7. The van der Waals surface area contributed by atoms with Crippen molar-refractivity contribution in [2.45, 2.75) is 43.5 Å². The van der Waals surface area contributed by atoms with Crippen molar-refractivity contribution in [2.24, 2.45) is 0 Å². The summed E-state index contributed by atoms with van der Waals surface area (Å²) in [4.78, 5) is 15.4. The van der Waals surface area contributed by atoms with Crippen LogP contribution in [0.5, 0.6) is 0 Å². The molecule has 184 valence electrons. The van der Waals surface area contributed by atoms with Crippen molar-refractivity contribution >= 4 is 15.9 Å². The first-order chi connectivity index (χ1) is 16.4. The summed E-state index contributed by atoms with van der Waals surface area (Å²) in [5.41, 5.74) is 3.19. The Morgan fingerprint density at radius 2 is 1.59 bits per heavy atom. The van der Waals surface area contributed by atoms with Crippen LogP contribution < -0.4 is 5.32 Å². The van der Waals surface area contributed by atoms with Gasteiger partial charge in [0.1, 0.15) is 0 Å². The Morgan fingerprint density at radius 1 is 0.941 bits per heavy atom. The fourth-order valence-corrected chi connectivity index (χ4v) is 6.14. The zero-order valence-electron chi connectivity index (χ0n) is 19.9. The molecule has 0 radical (unpaired) electrons. The number of nitrogens with zero attached hydrogens (tertiary/aromatic N) is 2. The highest BCUT2D eigenvalue weighted by molar-refractivity contribution is 7.89. The van der Waals surface area contributed by atoms with E-state index in [9.17, 15) is 13.2 Å². The van der Waals surface area contributed by atoms with Crippen molar-refractivity contribution in [1.82, 2.24) is 14.5 Å². The van der Waals surface area contributed by atoms with Crippen molar-refractivity contribution < 1.29 is 17.9 Å². The summed E-state index contributed by atoms with van der Waals surface area (Å²) in [6, 6.07) is 15.3. The van der Waals surface area contributed by atoms with Gasteiger partial charge in [-0.05, 0) is 43.0 Å². The Kier molecular flexibility index (Phi) is 8.37. The van der Waals surface area contributed by atoms with E-state index in [1.165, 1.54) is 11.1 Å². The molecule has 0 aromatic heterocycles. The first-order valence-corrected chi connectivity index (χ1v) is 13.6. The van der Waals surface area contributed by atoms with Crippen LogP contribution in [0, 0.1) is 6.92 Å². The van der Waals surface area contributed by atoms with Crippen molar-refractivity contribution in [2.75, 3.05) is 45.9 Å². The van der Waals surface area contributed by atoms with Gasteiger partial charge in [-0.3, -0.25) is 9.69 Å². The summed E-state index contributed by atoms with van der Waals surface area (Å²) in [7, 11) is -3.46. The molecule has 2 saturated heterocycles. The van der Waals surface area contributed by atoms with Gasteiger partial charge in [-0.1, -0.05) is 48.4 Å². The number of carbonyl (C=O) groups excluding carboxylic acids is 1. The Hall–Kier alpha value is -2.26. The Bertz CT molecular complexity index is 1040. The van der Waals surface area contributed by atoms with Crippen LogP contribution in [-0.4, -0.2) is 69.5 Å². The molecule has 1 unspecified atom stereocenters. The summed E-state index contributed by atoms with van der Waals surface area (Å²) in [6.45, 7) is 6.81. The first kappa shape index (κ1) is 24.9. The number of sulfonamides is 1. The molecule has 0 bridgehead atoms. The number of nitrogens with one attached hydrogen (secondary N) is 1. The number of hydrogen-bond donors (Lipinski definition) is 1. The Balaban J connectivity index is 1.36. The molecule has 1 atom stereocenters. The van der Waals surface area contributed by atoms with Crippen LogP contribution >= 0.6 is 0 Å². The molecule has 1 N–H and O–H groups in total. The Morgan fingerprint density at radius 3 is 2.24 bits per heavy atom. The highest BCUT2D eigenvalue weighted by atomic mass is 32.2. The average molecular weight is 486 g/mol. The van der Waals surface area contributed by atoms with E-state index in [1.54, 1.807) is 28.6 Å². The largest absolute Gasteiger partial charge is 0.379 e. The lowest BCUT2D eigenvalue weighted by Gasteiger charge is -2.35. The van der Waals surface area contributed by atoms with E-state index in [0.717, 1.165) is 37.9 Å². The molecule has 2 aromatic carbocycles. The zero-order chi connectivity index (χ0) is 24.0. The number of benzene rings is 2. The third kappa shape index (κ3) is 6.24. The lowest BCUT2D eigenvalue weighted by molar-refractivity contribution is -0.120. The van der Waals surface area contributed by atoms with Gasteiger partial charge in [0.25, 0.3) is 0 Å². The lowest BCUT2D eigenvalue weighted by Crippen LogP contribution is -2.44. The molecule has 7 nitrogen and oxygen atoms in total. The fourth-order valence-electron chi connectivity index (χ4n) is 4.63. The van der Waals surface area contributed by atoms with E-state index < -0.39 is 10.0 Å². The van der Waals surface area contributed by atoms with Gasteiger partial charge in [-0.25, -0.2) is 8.42 Å². The van der Waals surface area contributed by atoms with Crippen LogP contribution in [0.25, 0.3) is 0 Å². The van der Waals surface area contributed by atoms with E-state index in [1.807, 2.05) is 0 Å². The second-order valence-electron chi connectivity index (χ2n) is 9.16. The maximum Gasteiger partial charge on any atom is 0.243 e. The summed E-state index contributed by atoms with van der Waals surface area (Å²) in [6.07, 6.45) is 3.11. The fraction of sp³-hybridized carbons (Fsp3) is 0.500. The number of hydrogen-bond acceptors (Lipinski definition) is 5. The molecule has 2 aromatic rings. The predicted octanol–water partition coefficient (Wildman–Crippen LogP) is 2.90. The molecule has 2 aliphatic rings. The van der Waals surface area contributed by atoms with Gasteiger partial charge in [0.15, 0.2) is 0 Å². The molecule has 1 amide bonds. The molecule has 2 heterocycles. The van der Waals surface area contributed by atoms with E-state index in [-0.39, 0.29) is 18.4 Å². The molecule has 0 spiro atoms. The van der Waals surface area contributed by atoms with Gasteiger partial charge in [0, 0.05) is 32.7 Å². The molecule has 4 rings (SSSR count). The van der Waals surface area contributed by atoms with Crippen LogP contribution in [0.1, 0.15) is 42.0 Å². The van der Waals surface area contributed by atoms with Gasteiger partial charge < -0.3 is 10.1 Å². The van der Waals surface area contributed by atoms with Crippen LogP contribution in [-0.2, 0) is 26.0 Å². The molecule has 0 aliphatic carbocycles. The number of piperidine rings is 1. The normalized spacial score (nSPS) is 19.0. The first-order valence-electron chi connectivity index (χ1n) is 12.2. The molecule has 2 aliphatic heterocycles. The monoisotopic (exact) mass is 485 g/mol. The van der Waals surface area contributed by atoms with Crippen molar-refractivity contribution in [1.29, 1.82) is 0 Å². The summed E-state index contributed by atoms with van der Waals surface area (Å²) < 4.78 is 32.7. The third-order valence-electron chi connectivity index (χ3n) is 6.68. The van der Waals surface area contributed by atoms with Gasteiger partial charge in [0.05, 0.1) is 30.6 Å². The van der Waals surface area contributed by atoms with Crippen molar-refractivity contribution in [3.05, 3.63) is 65.2 Å². The van der Waals surface area contributed by atoms with Crippen LogP contribution in [0.15, 0.2) is 53.4 Å². The van der Waals surface area contributed by atoms with Crippen molar-refractivity contribution in [3.8, 4) is 0 Å². The molecule has 0 saturated carbocycles. The minimum Gasteiger partial charge on any atom is -0.379 e. The maximum absolute atomic E-state index is 12.8. The minimum absolute atomic E-state index is 0.0722. The van der Waals surface area contributed by atoms with Gasteiger partial charge in [0.2, 0.25) is 15.9 Å². The highest BCUT2D eigenvalue weighted by Gasteiger charge is 2.26. The predicted molar refractivity (Wildman–Crippen MR) is 132 cm³/mol. The number of aryl methyl sites for hydroxylation is 1. The van der Waals surface area contributed by atoms with Crippen LogP contribution in [0.4, 0.5) is 0 Å². The van der Waals surface area contributed by atoms with E-state index in [2.05, 4.69) is 41.4 Å². The number of ether oxygens (including phenoxy) is 1. The summed E-state index contributed by atoms with van der Waals surface area (Å²) in [5, 5.41) is 3.09.